The molecule has 2 N–H and O–H groups in total. The molecule has 1 aromatic heterocycles. The van der Waals surface area contributed by atoms with Crippen molar-refractivity contribution in [1.29, 1.82) is 0 Å². The van der Waals surface area contributed by atoms with Gasteiger partial charge in [-0.2, -0.15) is 5.10 Å². The second kappa shape index (κ2) is 5.29. The molecule has 0 aromatic carbocycles. The Morgan fingerprint density at radius 1 is 1.56 bits per heavy atom. The molecule has 0 spiro atoms. The zero-order valence-electron chi connectivity index (χ0n) is 10.3. The van der Waals surface area contributed by atoms with Crippen LogP contribution in [0.4, 0.5) is 0 Å². The summed E-state index contributed by atoms with van der Waals surface area (Å²) in [6, 6.07) is -0.186. The minimum atomic E-state index is -0.323. The van der Waals surface area contributed by atoms with Crippen molar-refractivity contribution in [2.45, 2.75) is 38.3 Å². The topological polar surface area (TPSA) is 53.1 Å². The first-order chi connectivity index (χ1) is 7.52. The van der Waals surface area contributed by atoms with E-state index in [-0.39, 0.29) is 11.6 Å². The van der Waals surface area contributed by atoms with Crippen LogP contribution in [0.2, 0.25) is 0 Å². The molecule has 4 nitrogen and oxygen atoms in total. The number of rotatable bonds is 5. The summed E-state index contributed by atoms with van der Waals surface area (Å²) in [5.41, 5.74) is 6.99. The van der Waals surface area contributed by atoms with Gasteiger partial charge in [0.05, 0.1) is 28.0 Å². The van der Waals surface area contributed by atoms with Crippen molar-refractivity contribution >= 4 is 15.9 Å². The summed E-state index contributed by atoms with van der Waals surface area (Å²) in [6.45, 7) is 4.19. The van der Waals surface area contributed by atoms with Crippen LogP contribution in [0.15, 0.2) is 10.7 Å². The second-order valence-corrected chi connectivity index (χ2v) is 4.81. The highest BCUT2D eigenvalue weighted by atomic mass is 79.9. The highest BCUT2D eigenvalue weighted by molar-refractivity contribution is 9.10. The molecule has 92 valence electrons. The summed E-state index contributed by atoms with van der Waals surface area (Å²) in [5.74, 6) is 0. The molecular formula is C11H20BrN3O. The molecule has 0 aliphatic rings. The molecule has 0 saturated heterocycles. The minimum Gasteiger partial charge on any atom is -0.376 e. The van der Waals surface area contributed by atoms with Gasteiger partial charge in [-0.15, -0.1) is 0 Å². The van der Waals surface area contributed by atoms with E-state index in [1.807, 2.05) is 7.05 Å². The van der Waals surface area contributed by atoms with E-state index in [4.69, 9.17) is 10.5 Å². The van der Waals surface area contributed by atoms with Gasteiger partial charge in [0.15, 0.2) is 0 Å². The van der Waals surface area contributed by atoms with Gasteiger partial charge in [-0.05, 0) is 28.8 Å². The first-order valence-corrected chi connectivity index (χ1v) is 6.29. The van der Waals surface area contributed by atoms with Crippen LogP contribution in [-0.4, -0.2) is 22.5 Å². The van der Waals surface area contributed by atoms with Crippen molar-refractivity contribution in [2.24, 2.45) is 12.8 Å². The standard InChI is InChI=1S/C11H20BrN3O/c1-5-11(6-2,16-4)10(13)9-8(12)7-14-15(9)3/h7,10H,5-6,13H2,1-4H3. The van der Waals surface area contributed by atoms with Gasteiger partial charge < -0.3 is 10.5 Å². The summed E-state index contributed by atoms with van der Waals surface area (Å²) in [6.07, 6.45) is 3.51. The number of hydrogen-bond donors (Lipinski definition) is 1. The quantitative estimate of drug-likeness (QED) is 0.906. The molecule has 0 radical (unpaired) electrons. The summed E-state index contributed by atoms with van der Waals surface area (Å²) >= 11 is 3.48. The molecule has 0 amide bonds. The van der Waals surface area contributed by atoms with Crippen molar-refractivity contribution in [3.8, 4) is 0 Å². The molecule has 0 fully saturated rings. The van der Waals surface area contributed by atoms with Crippen LogP contribution in [0.1, 0.15) is 38.4 Å². The number of nitrogens with zero attached hydrogens (tertiary/aromatic N) is 2. The summed E-state index contributed by atoms with van der Waals surface area (Å²) in [4.78, 5) is 0. The van der Waals surface area contributed by atoms with E-state index < -0.39 is 0 Å². The molecular weight excluding hydrogens is 270 g/mol. The zero-order chi connectivity index (χ0) is 12.3. The van der Waals surface area contributed by atoms with Crippen LogP contribution in [0, 0.1) is 0 Å². The van der Waals surface area contributed by atoms with Gasteiger partial charge in [0.1, 0.15) is 0 Å². The third kappa shape index (κ3) is 2.17. The Kier molecular flexibility index (Phi) is 4.52. The number of methoxy groups -OCH3 is 1. The van der Waals surface area contributed by atoms with Gasteiger partial charge in [0, 0.05) is 14.2 Å². The Balaban J connectivity index is 3.13. The number of hydrogen-bond acceptors (Lipinski definition) is 3. The molecule has 5 heteroatoms. The Morgan fingerprint density at radius 3 is 2.44 bits per heavy atom. The van der Waals surface area contributed by atoms with Gasteiger partial charge in [0.2, 0.25) is 0 Å². The maximum atomic E-state index is 6.34. The molecule has 16 heavy (non-hydrogen) atoms. The predicted octanol–water partition coefficient (Wildman–Crippen LogP) is 2.39. The van der Waals surface area contributed by atoms with Gasteiger partial charge in [-0.3, -0.25) is 4.68 Å². The second-order valence-electron chi connectivity index (χ2n) is 3.96. The van der Waals surface area contributed by atoms with Crippen LogP contribution in [0.25, 0.3) is 0 Å². The van der Waals surface area contributed by atoms with Crippen LogP contribution < -0.4 is 5.73 Å². The largest absolute Gasteiger partial charge is 0.376 e. The molecule has 1 rings (SSSR count). The normalized spacial score (nSPS) is 14.1. The smallest absolute Gasteiger partial charge is 0.0880 e. The fourth-order valence-electron chi connectivity index (χ4n) is 2.12. The molecule has 0 saturated carbocycles. The van der Waals surface area contributed by atoms with Crippen LogP contribution >= 0.6 is 15.9 Å². The fourth-order valence-corrected chi connectivity index (χ4v) is 2.72. The van der Waals surface area contributed by atoms with Crippen LogP contribution in [0.3, 0.4) is 0 Å². The third-order valence-electron chi connectivity index (χ3n) is 3.40. The number of aromatic nitrogens is 2. The number of aryl methyl sites for hydroxylation is 1. The fraction of sp³-hybridized carbons (Fsp3) is 0.727. The highest BCUT2D eigenvalue weighted by Crippen LogP contribution is 2.35. The molecule has 0 bridgehead atoms. The van der Waals surface area contributed by atoms with E-state index in [1.165, 1.54) is 0 Å². The maximum Gasteiger partial charge on any atom is 0.0880 e. The monoisotopic (exact) mass is 289 g/mol. The lowest BCUT2D eigenvalue weighted by Gasteiger charge is -2.36. The number of ether oxygens (including phenoxy) is 1. The van der Waals surface area contributed by atoms with E-state index in [9.17, 15) is 0 Å². The van der Waals surface area contributed by atoms with Crippen LogP contribution in [-0.2, 0) is 11.8 Å². The molecule has 0 aliphatic heterocycles. The minimum absolute atomic E-state index is 0.186. The van der Waals surface area contributed by atoms with Gasteiger partial charge in [0.25, 0.3) is 0 Å². The lowest BCUT2D eigenvalue weighted by Crippen LogP contribution is -2.43. The summed E-state index contributed by atoms with van der Waals surface area (Å²) in [5, 5.41) is 4.19. The summed E-state index contributed by atoms with van der Waals surface area (Å²) < 4.78 is 8.38. The lowest BCUT2D eigenvalue weighted by atomic mass is 9.87. The molecule has 0 aliphatic carbocycles. The van der Waals surface area contributed by atoms with Crippen molar-refractivity contribution in [2.75, 3.05) is 7.11 Å². The highest BCUT2D eigenvalue weighted by Gasteiger charge is 2.37. The lowest BCUT2D eigenvalue weighted by molar-refractivity contribution is -0.0404. The van der Waals surface area contributed by atoms with Crippen molar-refractivity contribution < 1.29 is 4.74 Å². The predicted molar refractivity (Wildman–Crippen MR) is 68.2 cm³/mol. The summed E-state index contributed by atoms with van der Waals surface area (Å²) in [7, 11) is 3.61. The average Bonchev–Trinajstić information content (AvgIpc) is 2.61. The number of halogens is 1. The first kappa shape index (κ1) is 13.7. The van der Waals surface area contributed by atoms with E-state index in [2.05, 4.69) is 34.9 Å². The molecule has 1 aromatic rings. The van der Waals surface area contributed by atoms with Crippen molar-refractivity contribution in [1.82, 2.24) is 9.78 Å². The molecule has 1 heterocycles. The van der Waals surface area contributed by atoms with E-state index in [0.29, 0.717) is 0 Å². The van der Waals surface area contributed by atoms with Crippen LogP contribution in [0.5, 0.6) is 0 Å². The Hall–Kier alpha value is -0.390. The van der Waals surface area contributed by atoms with E-state index in [1.54, 1.807) is 18.0 Å². The van der Waals surface area contributed by atoms with Gasteiger partial charge >= 0.3 is 0 Å². The maximum absolute atomic E-state index is 6.34. The third-order valence-corrected chi connectivity index (χ3v) is 4.01. The zero-order valence-corrected chi connectivity index (χ0v) is 11.9. The Labute approximate surface area is 105 Å². The van der Waals surface area contributed by atoms with Gasteiger partial charge in [-0.25, -0.2) is 0 Å². The van der Waals surface area contributed by atoms with Crippen molar-refractivity contribution in [3.63, 3.8) is 0 Å². The Bertz CT molecular complexity index is 319. The first-order valence-electron chi connectivity index (χ1n) is 5.50. The SMILES string of the molecule is CCC(CC)(OC)C(N)c1c(Br)cnn1C. The Morgan fingerprint density at radius 2 is 2.12 bits per heavy atom. The van der Waals surface area contributed by atoms with Gasteiger partial charge in [-0.1, -0.05) is 13.8 Å². The number of nitrogens with two attached hydrogens (primary N) is 1. The average molecular weight is 290 g/mol. The van der Waals surface area contributed by atoms with Crippen molar-refractivity contribution in [3.05, 3.63) is 16.4 Å². The molecule has 1 atom stereocenters. The molecule has 1 unspecified atom stereocenters. The van der Waals surface area contributed by atoms with E-state index >= 15 is 0 Å². The van der Waals surface area contributed by atoms with E-state index in [0.717, 1.165) is 23.0 Å².